The number of nitrogens with zero attached hydrogens (tertiary/aromatic N) is 2. The van der Waals surface area contributed by atoms with Crippen molar-refractivity contribution in [2.24, 2.45) is 0 Å². The fourth-order valence-electron chi connectivity index (χ4n) is 1.86. The Labute approximate surface area is 116 Å². The Hall–Kier alpha value is -2.87. The lowest BCUT2D eigenvalue weighted by atomic mass is 10.1. The Morgan fingerprint density at radius 3 is 2.25 bits per heavy atom. The lowest BCUT2D eigenvalue weighted by Crippen LogP contribution is -2.06. The van der Waals surface area contributed by atoms with Crippen LogP contribution in [0, 0.1) is 21.4 Å². The summed E-state index contributed by atoms with van der Waals surface area (Å²) >= 11 is 0. The first kappa shape index (κ1) is 13.6. The molecule has 1 atom stereocenters. The number of nitrogens with one attached hydrogen (secondary N) is 1. The van der Waals surface area contributed by atoms with Crippen molar-refractivity contribution in [1.29, 1.82) is 5.26 Å². The van der Waals surface area contributed by atoms with E-state index >= 15 is 0 Å². The number of nitro benzene ring substituents is 1. The molecule has 100 valence electrons. The van der Waals surface area contributed by atoms with E-state index in [2.05, 4.69) is 11.4 Å². The van der Waals surface area contributed by atoms with Crippen LogP contribution in [0.1, 0.15) is 24.1 Å². The zero-order chi connectivity index (χ0) is 14.5. The SMILES string of the molecule is CC(Nc1ccc(C#N)cc1)c1ccc([N+](=O)[O-])cc1. The highest BCUT2D eigenvalue weighted by Gasteiger charge is 2.08. The summed E-state index contributed by atoms with van der Waals surface area (Å²) in [6, 6.07) is 15.7. The summed E-state index contributed by atoms with van der Waals surface area (Å²) in [6.07, 6.45) is 0. The molecule has 20 heavy (non-hydrogen) atoms. The normalized spacial score (nSPS) is 11.4. The second kappa shape index (κ2) is 5.85. The third-order valence-corrected chi connectivity index (χ3v) is 3.00. The molecule has 0 amide bonds. The highest BCUT2D eigenvalue weighted by molar-refractivity contribution is 5.49. The first-order chi connectivity index (χ1) is 9.60. The van der Waals surface area contributed by atoms with Crippen molar-refractivity contribution in [3.8, 4) is 6.07 Å². The molecule has 0 radical (unpaired) electrons. The zero-order valence-electron chi connectivity index (χ0n) is 10.9. The average molecular weight is 267 g/mol. The first-order valence-electron chi connectivity index (χ1n) is 6.11. The highest BCUT2D eigenvalue weighted by atomic mass is 16.6. The maximum Gasteiger partial charge on any atom is 0.269 e. The number of hydrogen-bond donors (Lipinski definition) is 1. The minimum atomic E-state index is -0.414. The molecule has 1 unspecified atom stereocenters. The maximum absolute atomic E-state index is 10.6. The van der Waals surface area contributed by atoms with Crippen LogP contribution >= 0.6 is 0 Å². The molecule has 0 fully saturated rings. The van der Waals surface area contributed by atoms with Crippen LogP contribution in [-0.4, -0.2) is 4.92 Å². The molecule has 5 nitrogen and oxygen atoms in total. The second-order valence-electron chi connectivity index (χ2n) is 4.40. The summed E-state index contributed by atoms with van der Waals surface area (Å²) in [5.41, 5.74) is 2.55. The summed E-state index contributed by atoms with van der Waals surface area (Å²) in [6.45, 7) is 1.97. The third kappa shape index (κ3) is 3.12. The van der Waals surface area contributed by atoms with E-state index in [4.69, 9.17) is 5.26 Å². The molecular formula is C15H13N3O2. The molecule has 0 aromatic heterocycles. The minimum absolute atomic E-state index is 0.0174. The number of hydrogen-bond acceptors (Lipinski definition) is 4. The van der Waals surface area contributed by atoms with Gasteiger partial charge in [0.05, 0.1) is 16.6 Å². The Balaban J connectivity index is 2.09. The number of nitriles is 1. The molecule has 0 saturated carbocycles. The van der Waals surface area contributed by atoms with Gasteiger partial charge in [0.15, 0.2) is 0 Å². The number of rotatable bonds is 4. The lowest BCUT2D eigenvalue weighted by molar-refractivity contribution is -0.384. The van der Waals surface area contributed by atoms with Gasteiger partial charge in [-0.05, 0) is 36.8 Å². The number of benzene rings is 2. The smallest absolute Gasteiger partial charge is 0.269 e. The van der Waals surface area contributed by atoms with Gasteiger partial charge in [-0.25, -0.2) is 0 Å². The maximum atomic E-state index is 10.6. The van der Waals surface area contributed by atoms with E-state index in [1.807, 2.05) is 19.1 Å². The molecule has 0 spiro atoms. The minimum Gasteiger partial charge on any atom is -0.379 e. The van der Waals surface area contributed by atoms with Crippen LogP contribution < -0.4 is 5.32 Å². The van der Waals surface area contributed by atoms with Crippen molar-refractivity contribution in [3.05, 3.63) is 69.8 Å². The van der Waals surface area contributed by atoms with Gasteiger partial charge in [0.2, 0.25) is 0 Å². The molecule has 2 aromatic carbocycles. The topological polar surface area (TPSA) is 79.0 Å². The molecule has 0 aliphatic carbocycles. The largest absolute Gasteiger partial charge is 0.379 e. The monoisotopic (exact) mass is 267 g/mol. The molecule has 1 N–H and O–H groups in total. The predicted molar refractivity (Wildman–Crippen MR) is 76.3 cm³/mol. The van der Waals surface area contributed by atoms with E-state index < -0.39 is 4.92 Å². The van der Waals surface area contributed by atoms with Gasteiger partial charge in [0, 0.05) is 23.9 Å². The standard InChI is InChI=1S/C15H13N3O2/c1-11(13-4-8-15(9-5-13)18(19)20)17-14-6-2-12(10-16)3-7-14/h2-9,11,17H,1H3. The summed E-state index contributed by atoms with van der Waals surface area (Å²) in [5, 5.41) is 22.6. The van der Waals surface area contributed by atoms with Gasteiger partial charge in [-0.1, -0.05) is 12.1 Å². The van der Waals surface area contributed by atoms with Crippen molar-refractivity contribution in [1.82, 2.24) is 0 Å². The summed E-state index contributed by atoms with van der Waals surface area (Å²) < 4.78 is 0. The van der Waals surface area contributed by atoms with Crippen molar-refractivity contribution in [3.63, 3.8) is 0 Å². The van der Waals surface area contributed by atoms with Gasteiger partial charge in [0.1, 0.15) is 0 Å². The molecule has 2 rings (SSSR count). The van der Waals surface area contributed by atoms with Gasteiger partial charge in [0.25, 0.3) is 5.69 Å². The molecule has 0 aliphatic rings. The van der Waals surface area contributed by atoms with Gasteiger partial charge < -0.3 is 5.32 Å². The van der Waals surface area contributed by atoms with E-state index in [0.29, 0.717) is 5.56 Å². The van der Waals surface area contributed by atoms with Gasteiger partial charge in [-0.2, -0.15) is 5.26 Å². The second-order valence-corrected chi connectivity index (χ2v) is 4.40. The Morgan fingerprint density at radius 2 is 1.75 bits per heavy atom. The number of nitro groups is 1. The Bertz CT molecular complexity index is 642. The van der Waals surface area contributed by atoms with E-state index in [-0.39, 0.29) is 11.7 Å². The van der Waals surface area contributed by atoms with Crippen LogP contribution in [0.15, 0.2) is 48.5 Å². The fourth-order valence-corrected chi connectivity index (χ4v) is 1.86. The van der Waals surface area contributed by atoms with Crippen molar-refractivity contribution >= 4 is 11.4 Å². The van der Waals surface area contributed by atoms with Crippen molar-refractivity contribution < 1.29 is 4.92 Å². The van der Waals surface area contributed by atoms with Crippen LogP contribution in [0.5, 0.6) is 0 Å². The molecule has 0 bridgehead atoms. The molecular weight excluding hydrogens is 254 g/mol. The summed E-state index contributed by atoms with van der Waals surface area (Å²) in [7, 11) is 0. The number of non-ortho nitro benzene ring substituents is 1. The van der Waals surface area contributed by atoms with Crippen LogP contribution in [-0.2, 0) is 0 Å². The van der Waals surface area contributed by atoms with Gasteiger partial charge in [-0.15, -0.1) is 0 Å². The zero-order valence-corrected chi connectivity index (χ0v) is 10.9. The Kier molecular flexibility index (Phi) is 3.96. The highest BCUT2D eigenvalue weighted by Crippen LogP contribution is 2.21. The summed E-state index contributed by atoms with van der Waals surface area (Å²) in [5.74, 6) is 0. The van der Waals surface area contributed by atoms with Crippen molar-refractivity contribution in [2.45, 2.75) is 13.0 Å². The van der Waals surface area contributed by atoms with Crippen LogP contribution in [0.25, 0.3) is 0 Å². The van der Waals surface area contributed by atoms with E-state index in [0.717, 1.165) is 11.3 Å². The molecule has 0 saturated heterocycles. The molecule has 5 heteroatoms. The van der Waals surface area contributed by atoms with E-state index in [1.54, 1.807) is 24.3 Å². The van der Waals surface area contributed by atoms with Crippen LogP contribution in [0.2, 0.25) is 0 Å². The fraction of sp³-hybridized carbons (Fsp3) is 0.133. The quantitative estimate of drug-likeness (QED) is 0.677. The molecule has 0 aliphatic heterocycles. The summed E-state index contributed by atoms with van der Waals surface area (Å²) in [4.78, 5) is 10.2. The Morgan fingerprint density at radius 1 is 1.15 bits per heavy atom. The van der Waals surface area contributed by atoms with Crippen LogP contribution in [0.3, 0.4) is 0 Å². The predicted octanol–water partition coefficient (Wildman–Crippen LogP) is 3.64. The van der Waals surface area contributed by atoms with E-state index in [9.17, 15) is 10.1 Å². The van der Waals surface area contributed by atoms with E-state index in [1.165, 1.54) is 12.1 Å². The number of anilines is 1. The molecule has 0 heterocycles. The van der Waals surface area contributed by atoms with Gasteiger partial charge in [-0.3, -0.25) is 10.1 Å². The van der Waals surface area contributed by atoms with Crippen molar-refractivity contribution in [2.75, 3.05) is 5.32 Å². The first-order valence-corrected chi connectivity index (χ1v) is 6.11. The van der Waals surface area contributed by atoms with Gasteiger partial charge >= 0.3 is 0 Å². The average Bonchev–Trinajstić information content (AvgIpc) is 2.48. The third-order valence-electron chi connectivity index (χ3n) is 3.00. The van der Waals surface area contributed by atoms with Crippen LogP contribution in [0.4, 0.5) is 11.4 Å². The molecule has 2 aromatic rings. The lowest BCUT2D eigenvalue weighted by Gasteiger charge is -2.15.